The van der Waals surface area contributed by atoms with Crippen molar-refractivity contribution in [1.29, 1.82) is 0 Å². The molecule has 1 amide bonds. The van der Waals surface area contributed by atoms with Crippen LogP contribution in [-0.4, -0.2) is 32.8 Å². The normalized spacial score (nSPS) is 10.6. The second-order valence-corrected chi connectivity index (χ2v) is 5.60. The fraction of sp³-hybridized carbons (Fsp3) is 0.263. The maximum atomic E-state index is 11.8. The maximum Gasteiger partial charge on any atom is 0.265 e. The molecule has 0 radical (unpaired) electrons. The average molecular weight is 325 g/mol. The third-order valence-electron chi connectivity index (χ3n) is 3.50. The van der Waals surface area contributed by atoms with Crippen molar-refractivity contribution in [3.8, 4) is 0 Å². The van der Waals surface area contributed by atoms with E-state index in [9.17, 15) is 4.79 Å². The summed E-state index contributed by atoms with van der Waals surface area (Å²) in [4.78, 5) is 18.9. The molecule has 0 saturated carbocycles. The van der Waals surface area contributed by atoms with Crippen molar-refractivity contribution in [2.24, 2.45) is 5.16 Å². The molecule has 0 aliphatic heterocycles. The molecule has 24 heavy (non-hydrogen) atoms. The van der Waals surface area contributed by atoms with Crippen molar-refractivity contribution in [2.45, 2.75) is 13.3 Å². The van der Waals surface area contributed by atoms with E-state index < -0.39 is 0 Å². The van der Waals surface area contributed by atoms with Crippen LogP contribution in [0.5, 0.6) is 0 Å². The Morgan fingerprint density at radius 2 is 1.96 bits per heavy atom. The quantitative estimate of drug-likeness (QED) is 0.628. The van der Waals surface area contributed by atoms with E-state index in [0.717, 1.165) is 23.4 Å². The first kappa shape index (κ1) is 17.5. The summed E-state index contributed by atoms with van der Waals surface area (Å²) in [7, 11) is 3.97. The van der Waals surface area contributed by atoms with E-state index in [1.807, 2.05) is 67.5 Å². The number of nitrogens with zero attached hydrogens (tertiary/aromatic N) is 2. The number of aryl methyl sites for hydroxylation is 1. The van der Waals surface area contributed by atoms with Crippen molar-refractivity contribution in [2.75, 3.05) is 30.9 Å². The van der Waals surface area contributed by atoms with Crippen LogP contribution in [0.15, 0.2) is 53.7 Å². The van der Waals surface area contributed by atoms with Gasteiger partial charge >= 0.3 is 0 Å². The summed E-state index contributed by atoms with van der Waals surface area (Å²) in [6.07, 6.45) is 2.52. The molecule has 0 saturated heterocycles. The lowest BCUT2D eigenvalue weighted by atomic mass is 10.1. The van der Waals surface area contributed by atoms with E-state index in [-0.39, 0.29) is 12.5 Å². The monoisotopic (exact) mass is 325 g/mol. The Morgan fingerprint density at radius 1 is 1.21 bits per heavy atom. The number of nitrogens with one attached hydrogen (secondary N) is 1. The molecule has 0 unspecified atom stereocenters. The minimum atomic E-state index is -0.233. The number of oxime groups is 1. The topological polar surface area (TPSA) is 53.9 Å². The van der Waals surface area contributed by atoms with Gasteiger partial charge in [-0.15, -0.1) is 0 Å². The Labute approximate surface area is 142 Å². The van der Waals surface area contributed by atoms with Gasteiger partial charge in [-0.2, -0.15) is 0 Å². The van der Waals surface area contributed by atoms with Crippen molar-refractivity contribution in [3.63, 3.8) is 0 Å². The number of benzene rings is 2. The Morgan fingerprint density at radius 3 is 2.62 bits per heavy atom. The molecule has 0 fully saturated rings. The highest BCUT2D eigenvalue weighted by molar-refractivity contribution is 5.91. The third kappa shape index (κ3) is 5.43. The minimum absolute atomic E-state index is 0.122. The predicted molar refractivity (Wildman–Crippen MR) is 98.8 cm³/mol. The molecule has 2 aromatic carbocycles. The Bertz CT molecular complexity index is 694. The number of anilines is 2. The van der Waals surface area contributed by atoms with Gasteiger partial charge in [0.25, 0.3) is 5.91 Å². The van der Waals surface area contributed by atoms with Crippen molar-refractivity contribution in [3.05, 3.63) is 59.7 Å². The molecule has 0 bridgehead atoms. The second-order valence-electron chi connectivity index (χ2n) is 5.60. The van der Waals surface area contributed by atoms with Crippen molar-refractivity contribution >= 4 is 23.5 Å². The fourth-order valence-electron chi connectivity index (χ4n) is 2.12. The highest BCUT2D eigenvalue weighted by Crippen LogP contribution is 2.12. The molecule has 5 heteroatoms. The molecule has 2 rings (SSSR count). The summed E-state index contributed by atoms with van der Waals surface area (Å²) >= 11 is 0. The van der Waals surface area contributed by atoms with Gasteiger partial charge in [0.15, 0.2) is 6.61 Å². The van der Waals surface area contributed by atoms with Crippen LogP contribution in [0, 0.1) is 0 Å². The number of hydrogen-bond acceptors (Lipinski definition) is 4. The zero-order valence-electron chi connectivity index (χ0n) is 14.3. The predicted octanol–water partition coefficient (Wildman–Crippen LogP) is 3.30. The number of amides is 1. The second kappa shape index (κ2) is 8.72. The van der Waals surface area contributed by atoms with Crippen LogP contribution in [0.2, 0.25) is 0 Å². The van der Waals surface area contributed by atoms with Gasteiger partial charge in [0.1, 0.15) is 0 Å². The zero-order chi connectivity index (χ0) is 17.4. The number of carbonyl (C=O) groups excluding carboxylic acids is 1. The molecule has 0 atom stereocenters. The summed E-state index contributed by atoms with van der Waals surface area (Å²) in [6, 6.07) is 15.6. The molecular weight excluding hydrogens is 302 g/mol. The molecule has 126 valence electrons. The standard InChI is InChI=1S/C19H23N3O2/c1-4-15-6-5-7-17(12-15)21-19(23)14-24-20-13-16-8-10-18(11-9-16)22(2)3/h5-13H,4,14H2,1-3H3,(H,21,23)/b20-13+. The fourth-order valence-corrected chi connectivity index (χ4v) is 2.12. The Balaban J connectivity index is 1.79. The van der Waals surface area contributed by atoms with E-state index in [2.05, 4.69) is 17.4 Å². The number of rotatable bonds is 7. The van der Waals surface area contributed by atoms with E-state index in [0.29, 0.717) is 0 Å². The molecule has 2 aromatic rings. The van der Waals surface area contributed by atoms with Crippen LogP contribution < -0.4 is 10.2 Å². The van der Waals surface area contributed by atoms with E-state index in [1.54, 1.807) is 6.21 Å². The first-order valence-corrected chi connectivity index (χ1v) is 7.90. The van der Waals surface area contributed by atoms with Crippen LogP contribution in [0.4, 0.5) is 11.4 Å². The van der Waals surface area contributed by atoms with Gasteiger partial charge in [-0.25, -0.2) is 0 Å². The molecule has 0 spiro atoms. The lowest BCUT2D eigenvalue weighted by molar-refractivity contribution is -0.120. The number of hydrogen-bond donors (Lipinski definition) is 1. The Hall–Kier alpha value is -2.82. The lowest BCUT2D eigenvalue weighted by Crippen LogP contribution is -2.17. The van der Waals surface area contributed by atoms with Gasteiger partial charge in [-0.05, 0) is 41.8 Å². The van der Waals surface area contributed by atoms with Gasteiger partial charge in [-0.1, -0.05) is 36.3 Å². The molecule has 1 N–H and O–H groups in total. The molecule has 0 heterocycles. The first-order valence-electron chi connectivity index (χ1n) is 7.90. The van der Waals surface area contributed by atoms with Crippen molar-refractivity contribution < 1.29 is 9.63 Å². The third-order valence-corrected chi connectivity index (χ3v) is 3.50. The van der Waals surface area contributed by atoms with Gasteiger partial charge in [0, 0.05) is 25.5 Å². The van der Waals surface area contributed by atoms with Gasteiger partial charge in [0.05, 0.1) is 6.21 Å². The maximum absolute atomic E-state index is 11.8. The number of carbonyl (C=O) groups is 1. The average Bonchev–Trinajstić information content (AvgIpc) is 2.59. The van der Waals surface area contributed by atoms with Crippen LogP contribution in [0.3, 0.4) is 0 Å². The minimum Gasteiger partial charge on any atom is -0.386 e. The first-order chi connectivity index (χ1) is 11.6. The Kier molecular flexibility index (Phi) is 6.37. The highest BCUT2D eigenvalue weighted by Gasteiger charge is 2.03. The van der Waals surface area contributed by atoms with Gasteiger partial charge in [0.2, 0.25) is 0 Å². The van der Waals surface area contributed by atoms with Gasteiger partial charge in [-0.3, -0.25) is 4.79 Å². The SMILES string of the molecule is CCc1cccc(NC(=O)CO/N=C/c2ccc(N(C)C)cc2)c1. The summed E-state index contributed by atoms with van der Waals surface area (Å²) < 4.78 is 0. The zero-order valence-corrected chi connectivity index (χ0v) is 14.3. The van der Waals surface area contributed by atoms with Crippen LogP contribution in [-0.2, 0) is 16.1 Å². The van der Waals surface area contributed by atoms with Crippen molar-refractivity contribution in [1.82, 2.24) is 0 Å². The van der Waals surface area contributed by atoms with E-state index in [4.69, 9.17) is 4.84 Å². The van der Waals surface area contributed by atoms with E-state index >= 15 is 0 Å². The summed E-state index contributed by atoms with van der Waals surface area (Å²) in [6.45, 7) is 1.95. The van der Waals surface area contributed by atoms with Crippen LogP contribution in [0.1, 0.15) is 18.1 Å². The highest BCUT2D eigenvalue weighted by atomic mass is 16.6. The summed E-state index contributed by atoms with van der Waals surface area (Å²) in [5, 5.41) is 6.62. The lowest BCUT2D eigenvalue weighted by Gasteiger charge is -2.11. The van der Waals surface area contributed by atoms with Gasteiger partial charge < -0.3 is 15.1 Å². The summed E-state index contributed by atoms with van der Waals surface area (Å²) in [5.74, 6) is -0.233. The smallest absolute Gasteiger partial charge is 0.265 e. The molecule has 5 nitrogen and oxygen atoms in total. The van der Waals surface area contributed by atoms with Crippen LogP contribution in [0.25, 0.3) is 0 Å². The molecule has 0 aliphatic carbocycles. The van der Waals surface area contributed by atoms with Crippen LogP contribution >= 0.6 is 0 Å². The molecule has 0 aliphatic rings. The van der Waals surface area contributed by atoms with E-state index in [1.165, 1.54) is 5.56 Å². The molecule has 0 aromatic heterocycles. The summed E-state index contributed by atoms with van der Waals surface area (Å²) in [5.41, 5.74) is 3.97. The largest absolute Gasteiger partial charge is 0.386 e. The molecular formula is C19H23N3O2.